The molecule has 2 rings (SSSR count). The quantitative estimate of drug-likeness (QED) is 0.885. The van der Waals surface area contributed by atoms with E-state index in [2.05, 4.69) is 20.6 Å². The first-order chi connectivity index (χ1) is 9.10. The summed E-state index contributed by atoms with van der Waals surface area (Å²) in [6.45, 7) is 4.58. The Morgan fingerprint density at radius 1 is 1.16 bits per heavy atom. The van der Waals surface area contributed by atoms with Gasteiger partial charge in [-0.2, -0.15) is 0 Å². The van der Waals surface area contributed by atoms with Crippen molar-refractivity contribution in [2.45, 2.75) is 20.4 Å². The average Bonchev–Trinajstić information content (AvgIpc) is 2.77. The van der Waals surface area contributed by atoms with Crippen LogP contribution in [0.4, 0.5) is 20.4 Å². The number of rotatable bonds is 5. The van der Waals surface area contributed by atoms with Crippen LogP contribution in [0.25, 0.3) is 0 Å². The Kier molecular flexibility index (Phi) is 4.26. The Balaban J connectivity index is 2.13. The fraction of sp³-hybridized carbons (Fsp3) is 0.333. The van der Waals surface area contributed by atoms with Gasteiger partial charge in [-0.05, 0) is 13.8 Å². The summed E-state index contributed by atoms with van der Waals surface area (Å²) in [4.78, 5) is 8.14. The number of hydrogen-bond acceptors (Lipinski definition) is 5. The summed E-state index contributed by atoms with van der Waals surface area (Å²) < 4.78 is 26.9. The van der Waals surface area contributed by atoms with E-state index in [1.54, 1.807) is 0 Å². The van der Waals surface area contributed by atoms with Gasteiger partial charge in [0.15, 0.2) is 23.3 Å². The zero-order valence-electron chi connectivity index (χ0n) is 10.6. The predicted molar refractivity (Wildman–Crippen MR) is 72.5 cm³/mol. The van der Waals surface area contributed by atoms with E-state index in [1.807, 2.05) is 19.2 Å². The van der Waals surface area contributed by atoms with Crippen LogP contribution in [0, 0.1) is 18.6 Å². The zero-order valence-corrected chi connectivity index (χ0v) is 11.4. The van der Waals surface area contributed by atoms with Crippen molar-refractivity contribution in [3.8, 4) is 0 Å². The molecule has 0 aliphatic carbocycles. The Morgan fingerprint density at radius 2 is 1.84 bits per heavy atom. The molecule has 2 heterocycles. The molecule has 0 aromatic carbocycles. The lowest BCUT2D eigenvalue weighted by Gasteiger charge is -2.09. The minimum absolute atomic E-state index is 0.0187. The van der Waals surface area contributed by atoms with Gasteiger partial charge in [-0.3, -0.25) is 0 Å². The summed E-state index contributed by atoms with van der Waals surface area (Å²) in [7, 11) is 0. The minimum atomic E-state index is -0.715. The van der Waals surface area contributed by atoms with Crippen LogP contribution in [-0.2, 0) is 6.54 Å². The van der Waals surface area contributed by atoms with E-state index in [1.165, 1.54) is 11.3 Å². The van der Waals surface area contributed by atoms with Crippen LogP contribution in [0.15, 0.2) is 11.4 Å². The molecule has 2 N–H and O–H groups in total. The largest absolute Gasteiger partial charge is 0.368 e. The van der Waals surface area contributed by atoms with Crippen molar-refractivity contribution in [2.24, 2.45) is 0 Å². The molecule has 19 heavy (non-hydrogen) atoms. The zero-order chi connectivity index (χ0) is 13.8. The molecule has 4 nitrogen and oxygen atoms in total. The van der Waals surface area contributed by atoms with Crippen molar-refractivity contribution >= 4 is 23.0 Å². The molecule has 2 aromatic rings. The van der Waals surface area contributed by atoms with E-state index in [9.17, 15) is 8.78 Å². The van der Waals surface area contributed by atoms with E-state index >= 15 is 0 Å². The van der Waals surface area contributed by atoms with Gasteiger partial charge in [0.25, 0.3) is 0 Å². The molecule has 0 unspecified atom stereocenters. The average molecular weight is 284 g/mol. The highest BCUT2D eigenvalue weighted by Gasteiger charge is 2.11. The van der Waals surface area contributed by atoms with Crippen molar-refractivity contribution in [3.63, 3.8) is 0 Å². The second-order valence-corrected chi connectivity index (χ2v) is 4.86. The molecule has 2 aromatic heterocycles. The Hall–Kier alpha value is -1.76. The third-order valence-electron chi connectivity index (χ3n) is 2.35. The lowest BCUT2D eigenvalue weighted by atomic mass is 10.4. The molecule has 102 valence electrons. The SMILES string of the molecule is CCNc1nc(NCc2nc(C)cs2)c(F)cc1F. The van der Waals surface area contributed by atoms with Gasteiger partial charge in [0.05, 0.1) is 6.54 Å². The van der Waals surface area contributed by atoms with Gasteiger partial charge in [-0.15, -0.1) is 11.3 Å². The highest BCUT2D eigenvalue weighted by Crippen LogP contribution is 2.20. The molecule has 0 spiro atoms. The molecule has 0 fully saturated rings. The standard InChI is InChI=1S/C12H14F2N4S/c1-3-15-11-8(13)4-9(14)12(18-11)16-5-10-17-7(2)6-19-10/h4,6H,3,5H2,1-2H3,(H2,15,16,18). The van der Waals surface area contributed by atoms with E-state index < -0.39 is 11.6 Å². The van der Waals surface area contributed by atoms with Gasteiger partial charge in [-0.25, -0.2) is 18.7 Å². The number of thiazole rings is 1. The van der Waals surface area contributed by atoms with Crippen molar-refractivity contribution in [1.82, 2.24) is 9.97 Å². The molecule has 7 heteroatoms. The molecule has 0 aliphatic rings. The molecule has 0 radical (unpaired) electrons. The summed E-state index contributed by atoms with van der Waals surface area (Å²) in [5.74, 6) is -1.35. The second-order valence-electron chi connectivity index (χ2n) is 3.92. The van der Waals surface area contributed by atoms with Crippen LogP contribution in [0.5, 0.6) is 0 Å². The summed E-state index contributed by atoms with van der Waals surface area (Å²) in [5.41, 5.74) is 0.919. The first-order valence-corrected chi connectivity index (χ1v) is 6.73. The molecule has 0 atom stereocenters. The van der Waals surface area contributed by atoms with Gasteiger partial charge in [0.1, 0.15) is 5.01 Å². The van der Waals surface area contributed by atoms with E-state index in [4.69, 9.17) is 0 Å². The van der Waals surface area contributed by atoms with Gasteiger partial charge >= 0.3 is 0 Å². The third kappa shape index (κ3) is 3.37. The number of anilines is 2. The number of pyridine rings is 1. The highest BCUT2D eigenvalue weighted by molar-refractivity contribution is 7.09. The van der Waals surface area contributed by atoms with Gasteiger partial charge < -0.3 is 10.6 Å². The molecule has 0 aliphatic heterocycles. The lowest BCUT2D eigenvalue weighted by molar-refractivity contribution is 0.578. The normalized spacial score (nSPS) is 10.5. The monoisotopic (exact) mass is 284 g/mol. The summed E-state index contributed by atoms with van der Waals surface area (Å²) in [5, 5.41) is 8.30. The van der Waals surface area contributed by atoms with Gasteiger partial charge in [0.2, 0.25) is 0 Å². The second kappa shape index (κ2) is 5.92. The maximum atomic E-state index is 13.6. The van der Waals surface area contributed by atoms with Crippen LogP contribution < -0.4 is 10.6 Å². The highest BCUT2D eigenvalue weighted by atomic mass is 32.1. The van der Waals surface area contributed by atoms with Crippen LogP contribution in [0.2, 0.25) is 0 Å². The van der Waals surface area contributed by atoms with Gasteiger partial charge in [-0.1, -0.05) is 0 Å². The molecule has 0 saturated carbocycles. The predicted octanol–water partition coefficient (Wildman–Crippen LogP) is 3.17. The maximum absolute atomic E-state index is 13.6. The molecule has 0 bridgehead atoms. The number of halogens is 2. The van der Waals surface area contributed by atoms with E-state index in [0.29, 0.717) is 13.1 Å². The van der Waals surface area contributed by atoms with E-state index in [-0.39, 0.29) is 11.6 Å². The molecule has 0 amide bonds. The lowest BCUT2D eigenvalue weighted by Crippen LogP contribution is -2.08. The van der Waals surface area contributed by atoms with Crippen molar-refractivity contribution in [2.75, 3.05) is 17.2 Å². The Morgan fingerprint density at radius 3 is 2.42 bits per heavy atom. The van der Waals surface area contributed by atoms with Crippen LogP contribution in [0.3, 0.4) is 0 Å². The Labute approximate surface area is 113 Å². The smallest absolute Gasteiger partial charge is 0.168 e. The van der Waals surface area contributed by atoms with Crippen molar-refractivity contribution in [3.05, 3.63) is 33.8 Å². The van der Waals surface area contributed by atoms with Crippen molar-refractivity contribution < 1.29 is 8.78 Å². The Bertz CT molecular complexity index is 571. The number of aryl methyl sites for hydroxylation is 1. The van der Waals surface area contributed by atoms with Crippen molar-refractivity contribution in [1.29, 1.82) is 0 Å². The summed E-state index contributed by atoms with van der Waals surface area (Å²) in [6, 6.07) is 0.820. The van der Waals surface area contributed by atoms with Crippen LogP contribution in [0.1, 0.15) is 17.6 Å². The van der Waals surface area contributed by atoms with Gasteiger partial charge in [0, 0.05) is 23.7 Å². The first-order valence-electron chi connectivity index (χ1n) is 5.85. The topological polar surface area (TPSA) is 49.8 Å². The van der Waals surface area contributed by atoms with Crippen LogP contribution in [-0.4, -0.2) is 16.5 Å². The minimum Gasteiger partial charge on any atom is -0.368 e. The fourth-order valence-electron chi connectivity index (χ4n) is 1.53. The number of aromatic nitrogens is 2. The maximum Gasteiger partial charge on any atom is 0.168 e. The number of nitrogens with zero attached hydrogens (tertiary/aromatic N) is 2. The third-order valence-corrected chi connectivity index (χ3v) is 3.31. The molecular formula is C12H14F2N4S. The molecular weight excluding hydrogens is 270 g/mol. The summed E-state index contributed by atoms with van der Waals surface area (Å²) >= 11 is 1.48. The van der Waals surface area contributed by atoms with Crippen LogP contribution >= 0.6 is 11.3 Å². The summed E-state index contributed by atoms with van der Waals surface area (Å²) in [6.07, 6.45) is 0. The first kappa shape index (κ1) is 13.7. The fourth-order valence-corrected chi connectivity index (χ4v) is 2.24. The number of nitrogens with one attached hydrogen (secondary N) is 2. The molecule has 0 saturated heterocycles. The van der Waals surface area contributed by atoms with E-state index in [0.717, 1.165) is 16.8 Å². The number of hydrogen-bond donors (Lipinski definition) is 2.